The Kier molecular flexibility index (Phi) is 6.40. The normalized spacial score (nSPS) is 17.4. The third-order valence-electron chi connectivity index (χ3n) is 7.93. The Morgan fingerprint density at radius 3 is 2.67 bits per heavy atom. The quantitative estimate of drug-likeness (QED) is 0.368. The molecule has 2 aliphatic rings. The zero-order valence-corrected chi connectivity index (χ0v) is 23.8. The van der Waals surface area contributed by atoms with E-state index in [1.807, 2.05) is 50.0 Å². The minimum atomic E-state index is -0.575. The minimum absolute atomic E-state index is 0.0261. The van der Waals surface area contributed by atoms with Crippen molar-refractivity contribution in [1.82, 2.24) is 29.5 Å². The van der Waals surface area contributed by atoms with Crippen molar-refractivity contribution in [3.8, 4) is 11.1 Å². The van der Waals surface area contributed by atoms with Gasteiger partial charge in [-0.25, -0.2) is 9.78 Å². The number of pyridine rings is 1. The number of rotatable bonds is 3. The average Bonchev–Trinajstić information content (AvgIpc) is 3.66. The van der Waals surface area contributed by atoms with Crippen molar-refractivity contribution < 1.29 is 14.3 Å². The number of ether oxygens (including phenoxy) is 1. The van der Waals surface area contributed by atoms with Crippen LogP contribution in [0.1, 0.15) is 72.3 Å². The summed E-state index contributed by atoms with van der Waals surface area (Å²) in [5, 5.41) is 5.29. The summed E-state index contributed by atoms with van der Waals surface area (Å²) in [6, 6.07) is 6.50. The van der Waals surface area contributed by atoms with Crippen LogP contribution in [0, 0.1) is 6.92 Å². The lowest BCUT2D eigenvalue weighted by molar-refractivity contribution is 0.0222. The van der Waals surface area contributed by atoms with Crippen LogP contribution in [0.25, 0.3) is 22.2 Å². The summed E-state index contributed by atoms with van der Waals surface area (Å²) in [6.45, 7) is 9.52. The summed E-state index contributed by atoms with van der Waals surface area (Å²) >= 11 is 0. The molecule has 40 heavy (non-hydrogen) atoms. The molecule has 5 heterocycles. The number of aromatic amines is 1. The van der Waals surface area contributed by atoms with E-state index in [0.29, 0.717) is 25.2 Å². The number of benzene rings is 1. The van der Waals surface area contributed by atoms with Gasteiger partial charge in [-0.2, -0.15) is 5.10 Å². The highest BCUT2D eigenvalue weighted by atomic mass is 16.6. The number of nitrogens with one attached hydrogen (secondary N) is 1. The van der Waals surface area contributed by atoms with E-state index in [1.54, 1.807) is 17.1 Å². The first kappa shape index (κ1) is 26.1. The molecule has 0 saturated carbocycles. The molecule has 1 N–H and O–H groups in total. The second kappa shape index (κ2) is 9.80. The molecule has 9 heteroatoms. The number of aromatic nitrogens is 4. The van der Waals surface area contributed by atoms with Gasteiger partial charge >= 0.3 is 6.09 Å². The Morgan fingerprint density at radius 2 is 1.93 bits per heavy atom. The third-order valence-corrected chi connectivity index (χ3v) is 7.93. The molecule has 2 aliphatic heterocycles. The molecule has 4 aromatic rings. The van der Waals surface area contributed by atoms with Gasteiger partial charge in [-0.05, 0) is 86.9 Å². The minimum Gasteiger partial charge on any atom is -0.444 e. The number of hydrogen-bond donors (Lipinski definition) is 1. The second-order valence-corrected chi connectivity index (χ2v) is 12.0. The van der Waals surface area contributed by atoms with E-state index in [9.17, 15) is 9.59 Å². The summed E-state index contributed by atoms with van der Waals surface area (Å²) in [5.74, 6) is -0.0261. The van der Waals surface area contributed by atoms with Crippen molar-refractivity contribution in [3.63, 3.8) is 0 Å². The van der Waals surface area contributed by atoms with Crippen molar-refractivity contribution >= 4 is 23.0 Å². The van der Waals surface area contributed by atoms with Gasteiger partial charge in [0.25, 0.3) is 5.91 Å². The molecular weight excluding hydrogens is 504 g/mol. The van der Waals surface area contributed by atoms with Gasteiger partial charge in [-0.3, -0.25) is 9.48 Å². The Labute approximate surface area is 234 Å². The van der Waals surface area contributed by atoms with Crippen LogP contribution in [0.3, 0.4) is 0 Å². The van der Waals surface area contributed by atoms with Crippen LogP contribution in [-0.4, -0.2) is 60.2 Å². The van der Waals surface area contributed by atoms with Gasteiger partial charge in [-0.1, -0.05) is 6.07 Å². The first-order valence-corrected chi connectivity index (χ1v) is 13.9. The fourth-order valence-electron chi connectivity index (χ4n) is 5.97. The van der Waals surface area contributed by atoms with Gasteiger partial charge in [0, 0.05) is 56.2 Å². The fourth-order valence-corrected chi connectivity index (χ4v) is 5.97. The second-order valence-electron chi connectivity index (χ2n) is 12.0. The van der Waals surface area contributed by atoms with E-state index >= 15 is 0 Å². The van der Waals surface area contributed by atoms with Crippen molar-refractivity contribution in [2.75, 3.05) is 13.1 Å². The number of H-pyrrole nitrogens is 1. The van der Waals surface area contributed by atoms with Gasteiger partial charge in [0.05, 0.1) is 17.8 Å². The van der Waals surface area contributed by atoms with Gasteiger partial charge in [0.2, 0.25) is 0 Å². The summed E-state index contributed by atoms with van der Waals surface area (Å²) in [6.07, 6.45) is 9.46. The topological polar surface area (TPSA) is 96.3 Å². The number of fused-ring (bicyclic) bond motifs is 2. The smallest absolute Gasteiger partial charge is 0.410 e. The molecule has 0 spiro atoms. The number of likely N-dealkylation sites (tertiary alicyclic amines) is 1. The number of aryl methyl sites for hydroxylation is 2. The van der Waals surface area contributed by atoms with Crippen molar-refractivity contribution in [1.29, 1.82) is 0 Å². The number of nitrogens with zero attached hydrogens (tertiary/aromatic N) is 5. The Bertz CT molecular complexity index is 1610. The molecule has 1 saturated heterocycles. The highest BCUT2D eigenvalue weighted by molar-refractivity contribution is 5.94. The van der Waals surface area contributed by atoms with Gasteiger partial charge in [0.15, 0.2) is 0 Å². The third kappa shape index (κ3) is 4.85. The maximum Gasteiger partial charge on any atom is 0.410 e. The maximum absolute atomic E-state index is 13.4. The van der Waals surface area contributed by atoms with E-state index in [4.69, 9.17) is 4.74 Å². The van der Waals surface area contributed by atoms with Gasteiger partial charge < -0.3 is 19.5 Å². The Morgan fingerprint density at radius 1 is 1.10 bits per heavy atom. The molecule has 208 valence electrons. The molecule has 2 amide bonds. The van der Waals surface area contributed by atoms with E-state index in [0.717, 1.165) is 58.1 Å². The van der Waals surface area contributed by atoms with Gasteiger partial charge in [-0.15, -0.1) is 0 Å². The van der Waals surface area contributed by atoms with Crippen LogP contribution in [-0.2, 0) is 24.8 Å². The van der Waals surface area contributed by atoms with E-state index in [1.165, 1.54) is 5.56 Å². The molecule has 1 unspecified atom stereocenters. The van der Waals surface area contributed by atoms with Crippen LogP contribution >= 0.6 is 0 Å². The van der Waals surface area contributed by atoms with E-state index in [-0.39, 0.29) is 18.0 Å². The Balaban J connectivity index is 1.43. The molecule has 0 bridgehead atoms. The van der Waals surface area contributed by atoms with E-state index < -0.39 is 5.60 Å². The van der Waals surface area contributed by atoms with Crippen LogP contribution < -0.4 is 0 Å². The predicted molar refractivity (Wildman–Crippen MR) is 153 cm³/mol. The van der Waals surface area contributed by atoms with Crippen molar-refractivity contribution in [2.24, 2.45) is 7.05 Å². The number of carbonyl (C=O) groups is 2. The monoisotopic (exact) mass is 540 g/mol. The highest BCUT2D eigenvalue weighted by Gasteiger charge is 2.36. The molecule has 3 aromatic heterocycles. The molecule has 0 radical (unpaired) electrons. The number of hydrogen-bond acceptors (Lipinski definition) is 5. The molecule has 1 fully saturated rings. The molecule has 1 atom stereocenters. The van der Waals surface area contributed by atoms with Crippen LogP contribution in [0.2, 0.25) is 0 Å². The SMILES string of the molecule is Cc1c[nH]c2ncc(-c3cc4c(c(C5CCCN5C(=O)OC(C)(C)C)c3)CN(C(=O)c3cnn(C)c3)CC4)cc12. The molecule has 1 aromatic carbocycles. The van der Waals surface area contributed by atoms with Crippen LogP contribution in [0.4, 0.5) is 4.79 Å². The molecule has 9 nitrogen and oxygen atoms in total. The molecular formula is C31H36N6O3. The first-order valence-electron chi connectivity index (χ1n) is 13.9. The van der Waals surface area contributed by atoms with Crippen LogP contribution in [0.15, 0.2) is 43.0 Å². The van der Waals surface area contributed by atoms with Gasteiger partial charge in [0.1, 0.15) is 11.2 Å². The lowest BCUT2D eigenvalue weighted by Gasteiger charge is -2.34. The number of amides is 2. The van der Waals surface area contributed by atoms with Crippen molar-refractivity contribution in [2.45, 2.75) is 65.1 Å². The van der Waals surface area contributed by atoms with Crippen LogP contribution in [0.5, 0.6) is 0 Å². The standard InChI is InChI=1S/C31H36N6O3/c1-19-14-32-28-24(19)13-22(15-33-28)21-11-20-8-10-36(29(38)23-16-34-35(5)17-23)18-26(20)25(12-21)27-7-6-9-37(27)30(39)40-31(2,3)4/h11-17,27H,6-10,18H2,1-5H3,(H,32,33). The fraction of sp³-hybridized carbons (Fsp3) is 0.419. The summed E-state index contributed by atoms with van der Waals surface area (Å²) in [7, 11) is 1.81. The summed E-state index contributed by atoms with van der Waals surface area (Å²) in [4.78, 5) is 38.3. The number of carbonyl (C=O) groups excluding carboxylic acids is 2. The zero-order chi connectivity index (χ0) is 28.2. The highest BCUT2D eigenvalue weighted by Crippen LogP contribution is 2.40. The lowest BCUT2D eigenvalue weighted by Crippen LogP contribution is -2.39. The van der Waals surface area contributed by atoms with E-state index in [2.05, 4.69) is 40.2 Å². The first-order chi connectivity index (χ1) is 19.1. The zero-order valence-electron chi connectivity index (χ0n) is 23.8. The largest absolute Gasteiger partial charge is 0.444 e. The summed E-state index contributed by atoms with van der Waals surface area (Å²) < 4.78 is 7.45. The maximum atomic E-state index is 13.4. The predicted octanol–water partition coefficient (Wildman–Crippen LogP) is 5.54. The molecule has 6 rings (SSSR count). The van der Waals surface area contributed by atoms with Crippen molar-refractivity contribution in [3.05, 3.63) is 70.8 Å². The average molecular weight is 541 g/mol. The lowest BCUT2D eigenvalue weighted by atomic mass is 9.86. The Hall–Kier alpha value is -4.14. The summed E-state index contributed by atoms with van der Waals surface area (Å²) in [5.41, 5.74) is 7.57. The molecule has 0 aliphatic carbocycles.